The van der Waals surface area contributed by atoms with Crippen LogP contribution in [0.4, 0.5) is 0 Å². The molecule has 0 saturated carbocycles. The quantitative estimate of drug-likeness (QED) is 0.762. The molecule has 1 aliphatic heterocycles. The van der Waals surface area contributed by atoms with Gasteiger partial charge in [0.2, 0.25) is 0 Å². The first-order chi connectivity index (χ1) is 8.27. The Morgan fingerprint density at radius 3 is 2.82 bits per heavy atom. The van der Waals surface area contributed by atoms with Crippen molar-refractivity contribution in [2.45, 2.75) is 76.5 Å². The minimum absolute atomic E-state index is 0.159. The van der Waals surface area contributed by atoms with E-state index in [0.717, 1.165) is 6.42 Å². The first kappa shape index (κ1) is 13.1. The number of aliphatic hydroxyl groups is 1. The second kappa shape index (κ2) is 6.55. The molecule has 0 amide bonds. The highest BCUT2D eigenvalue weighted by Crippen LogP contribution is 2.26. The van der Waals surface area contributed by atoms with Crippen LogP contribution in [0.3, 0.4) is 0 Å². The van der Waals surface area contributed by atoms with Crippen molar-refractivity contribution in [2.24, 2.45) is 0 Å². The van der Waals surface area contributed by atoms with E-state index in [1.54, 1.807) is 0 Å². The Morgan fingerprint density at radius 1 is 1.24 bits per heavy atom. The molecule has 0 aromatic carbocycles. The molecule has 2 aliphatic rings. The van der Waals surface area contributed by atoms with E-state index in [1.807, 2.05) is 6.92 Å². The lowest BCUT2D eigenvalue weighted by atomic mass is 9.97. The molecule has 0 spiro atoms. The second-order valence-electron chi connectivity index (χ2n) is 5.75. The monoisotopic (exact) mass is 237 g/mol. The Labute approximate surface area is 106 Å². The number of aliphatic hydroxyl groups excluding tert-OH is 1. The van der Waals surface area contributed by atoms with E-state index >= 15 is 0 Å². The Bertz CT molecular complexity index is 249. The van der Waals surface area contributed by atoms with Crippen molar-refractivity contribution < 1.29 is 5.11 Å². The van der Waals surface area contributed by atoms with Crippen LogP contribution >= 0.6 is 0 Å². The van der Waals surface area contributed by atoms with Gasteiger partial charge in [0.15, 0.2) is 0 Å². The molecule has 98 valence electrons. The fourth-order valence-electron chi connectivity index (χ4n) is 3.35. The SMILES string of the molecule is CC(O)CC1CCCCCN1C1C=CCCC1. The number of likely N-dealkylation sites (tertiary alicyclic amines) is 1. The fourth-order valence-corrected chi connectivity index (χ4v) is 3.35. The summed E-state index contributed by atoms with van der Waals surface area (Å²) in [7, 11) is 0. The van der Waals surface area contributed by atoms with Crippen molar-refractivity contribution in [1.82, 2.24) is 4.90 Å². The molecule has 17 heavy (non-hydrogen) atoms. The predicted molar refractivity (Wildman–Crippen MR) is 72.0 cm³/mol. The maximum absolute atomic E-state index is 9.67. The lowest BCUT2D eigenvalue weighted by molar-refractivity contribution is 0.0915. The zero-order valence-electron chi connectivity index (χ0n) is 11.1. The lowest BCUT2D eigenvalue weighted by Crippen LogP contribution is -2.44. The number of allylic oxidation sites excluding steroid dienone is 1. The van der Waals surface area contributed by atoms with Gasteiger partial charge in [-0.1, -0.05) is 25.0 Å². The molecule has 1 N–H and O–H groups in total. The van der Waals surface area contributed by atoms with Crippen molar-refractivity contribution in [3.8, 4) is 0 Å². The van der Waals surface area contributed by atoms with E-state index < -0.39 is 0 Å². The highest BCUT2D eigenvalue weighted by atomic mass is 16.3. The van der Waals surface area contributed by atoms with E-state index in [-0.39, 0.29) is 6.10 Å². The first-order valence-corrected chi connectivity index (χ1v) is 7.38. The van der Waals surface area contributed by atoms with Crippen LogP contribution in [0.5, 0.6) is 0 Å². The van der Waals surface area contributed by atoms with Crippen LogP contribution in [0.1, 0.15) is 58.3 Å². The van der Waals surface area contributed by atoms with Crippen LogP contribution in [0, 0.1) is 0 Å². The van der Waals surface area contributed by atoms with Gasteiger partial charge in [-0.05, 0) is 52.0 Å². The molecule has 0 bridgehead atoms. The molecular weight excluding hydrogens is 210 g/mol. The molecule has 2 rings (SSSR count). The highest BCUT2D eigenvalue weighted by Gasteiger charge is 2.27. The van der Waals surface area contributed by atoms with Gasteiger partial charge < -0.3 is 5.11 Å². The average molecular weight is 237 g/mol. The minimum atomic E-state index is -0.159. The summed E-state index contributed by atoms with van der Waals surface area (Å²) < 4.78 is 0. The maximum atomic E-state index is 9.67. The van der Waals surface area contributed by atoms with Crippen LogP contribution in [-0.4, -0.2) is 34.7 Å². The Balaban J connectivity index is 2.02. The summed E-state index contributed by atoms with van der Waals surface area (Å²) in [6, 6.07) is 1.25. The topological polar surface area (TPSA) is 23.5 Å². The van der Waals surface area contributed by atoms with E-state index in [1.165, 1.54) is 51.5 Å². The van der Waals surface area contributed by atoms with Gasteiger partial charge in [0.25, 0.3) is 0 Å². The number of hydrogen-bond acceptors (Lipinski definition) is 2. The van der Waals surface area contributed by atoms with Gasteiger partial charge in [-0.25, -0.2) is 0 Å². The summed E-state index contributed by atoms with van der Waals surface area (Å²) in [5.74, 6) is 0. The molecule has 0 aromatic heterocycles. The van der Waals surface area contributed by atoms with Gasteiger partial charge in [-0.15, -0.1) is 0 Å². The van der Waals surface area contributed by atoms with Gasteiger partial charge >= 0.3 is 0 Å². The summed E-state index contributed by atoms with van der Waals surface area (Å²) in [6.45, 7) is 3.16. The molecule has 3 atom stereocenters. The van der Waals surface area contributed by atoms with Crippen LogP contribution in [0.25, 0.3) is 0 Å². The van der Waals surface area contributed by atoms with Crippen molar-refractivity contribution in [2.75, 3.05) is 6.54 Å². The Kier molecular flexibility index (Phi) is 5.05. The van der Waals surface area contributed by atoms with Gasteiger partial charge in [0, 0.05) is 12.1 Å². The smallest absolute Gasteiger partial charge is 0.0527 e. The van der Waals surface area contributed by atoms with Gasteiger partial charge in [0.05, 0.1) is 6.10 Å². The molecule has 3 unspecified atom stereocenters. The zero-order valence-corrected chi connectivity index (χ0v) is 11.1. The van der Waals surface area contributed by atoms with E-state index in [2.05, 4.69) is 17.1 Å². The average Bonchev–Trinajstić information content (AvgIpc) is 2.55. The first-order valence-electron chi connectivity index (χ1n) is 7.38. The molecule has 1 aliphatic carbocycles. The summed E-state index contributed by atoms with van der Waals surface area (Å²) in [4.78, 5) is 2.68. The summed E-state index contributed by atoms with van der Waals surface area (Å²) in [5.41, 5.74) is 0. The standard InChI is InChI=1S/C15H27NO/c1-13(17)12-15-10-6-3-7-11-16(15)14-8-4-2-5-9-14/h4,8,13-15,17H,2-3,5-7,9-12H2,1H3. The molecule has 2 nitrogen and oxygen atoms in total. The van der Waals surface area contributed by atoms with Crippen molar-refractivity contribution in [1.29, 1.82) is 0 Å². The minimum Gasteiger partial charge on any atom is -0.393 e. The molecular formula is C15H27NO. The van der Waals surface area contributed by atoms with Gasteiger partial charge in [-0.2, -0.15) is 0 Å². The molecule has 1 fully saturated rings. The lowest BCUT2D eigenvalue weighted by Gasteiger charge is -2.37. The van der Waals surface area contributed by atoms with Crippen molar-refractivity contribution in [3.05, 3.63) is 12.2 Å². The zero-order chi connectivity index (χ0) is 12.1. The van der Waals surface area contributed by atoms with E-state index in [4.69, 9.17) is 0 Å². The third-order valence-electron chi connectivity index (χ3n) is 4.19. The maximum Gasteiger partial charge on any atom is 0.0527 e. The third kappa shape index (κ3) is 3.82. The largest absolute Gasteiger partial charge is 0.393 e. The van der Waals surface area contributed by atoms with E-state index in [0.29, 0.717) is 12.1 Å². The molecule has 1 saturated heterocycles. The molecule has 0 radical (unpaired) electrons. The second-order valence-corrected chi connectivity index (χ2v) is 5.75. The fraction of sp³-hybridized carbons (Fsp3) is 0.867. The van der Waals surface area contributed by atoms with Crippen LogP contribution in [0.2, 0.25) is 0 Å². The Morgan fingerprint density at radius 2 is 2.12 bits per heavy atom. The van der Waals surface area contributed by atoms with Crippen LogP contribution in [-0.2, 0) is 0 Å². The summed E-state index contributed by atoms with van der Waals surface area (Å²) >= 11 is 0. The number of rotatable bonds is 3. The number of hydrogen-bond donors (Lipinski definition) is 1. The van der Waals surface area contributed by atoms with Gasteiger partial charge in [-0.3, -0.25) is 4.90 Å². The normalized spacial score (nSPS) is 33.3. The predicted octanol–water partition coefficient (Wildman–Crippen LogP) is 3.11. The Hall–Kier alpha value is -0.340. The highest BCUT2D eigenvalue weighted by molar-refractivity contribution is 5.00. The molecule has 1 heterocycles. The van der Waals surface area contributed by atoms with Crippen molar-refractivity contribution in [3.63, 3.8) is 0 Å². The van der Waals surface area contributed by atoms with Crippen LogP contribution in [0.15, 0.2) is 12.2 Å². The van der Waals surface area contributed by atoms with Crippen LogP contribution < -0.4 is 0 Å². The summed E-state index contributed by atoms with van der Waals surface area (Å²) in [5, 5.41) is 9.67. The van der Waals surface area contributed by atoms with Gasteiger partial charge in [0.1, 0.15) is 0 Å². The molecule has 0 aromatic rings. The number of nitrogens with zero attached hydrogens (tertiary/aromatic N) is 1. The van der Waals surface area contributed by atoms with Crippen molar-refractivity contribution >= 4 is 0 Å². The van der Waals surface area contributed by atoms with E-state index in [9.17, 15) is 5.11 Å². The third-order valence-corrected chi connectivity index (χ3v) is 4.19. The summed E-state index contributed by atoms with van der Waals surface area (Å²) in [6.07, 6.45) is 14.8. The molecule has 2 heteroatoms.